The highest BCUT2D eigenvalue weighted by Crippen LogP contribution is 2.71. The highest BCUT2D eigenvalue weighted by Gasteiger charge is 2.62. The zero-order valence-electron chi connectivity index (χ0n) is 38.1. The third kappa shape index (κ3) is 5.85. The number of hydrogen-bond acceptors (Lipinski definition) is 4. The maximum atomic E-state index is 6.56. The first kappa shape index (κ1) is 39.1. The summed E-state index contributed by atoms with van der Waals surface area (Å²) in [6.45, 7) is 0. The summed E-state index contributed by atoms with van der Waals surface area (Å²) >= 11 is 0. The van der Waals surface area contributed by atoms with Crippen LogP contribution in [0.1, 0.15) is 43.2 Å². The molecule has 2 aromatic heterocycles. The minimum absolute atomic E-state index is 0.0158. The van der Waals surface area contributed by atoms with Gasteiger partial charge in [-0.15, -0.1) is 0 Å². The number of para-hydroxylation sites is 1. The molecule has 0 unspecified atom stereocenters. The Labute approximate surface area is 401 Å². The molecule has 5 aliphatic carbocycles. The molecular weight excluding hydrogens is 839 g/mol. The smallest absolute Gasteiger partial charge is 0.164 e. The molecule has 328 valence electrons. The minimum Gasteiger partial charge on any atom is -0.456 e. The van der Waals surface area contributed by atoms with Gasteiger partial charge in [0.15, 0.2) is 17.5 Å². The van der Waals surface area contributed by atoms with Gasteiger partial charge in [-0.05, 0) is 140 Å². The Bertz CT molecular complexity index is 3830. The van der Waals surface area contributed by atoms with Crippen LogP contribution in [-0.2, 0) is 5.41 Å². The maximum absolute atomic E-state index is 6.56. The lowest BCUT2D eigenvalue weighted by Crippen LogP contribution is -2.55. The van der Waals surface area contributed by atoms with Gasteiger partial charge >= 0.3 is 0 Å². The number of nitrogens with zero attached hydrogens (tertiary/aromatic N) is 3. The van der Waals surface area contributed by atoms with Crippen molar-refractivity contribution < 1.29 is 4.42 Å². The Balaban J connectivity index is 0.904. The minimum atomic E-state index is -0.0158. The Morgan fingerprint density at radius 2 is 0.957 bits per heavy atom. The summed E-state index contributed by atoms with van der Waals surface area (Å²) in [7, 11) is 0. The summed E-state index contributed by atoms with van der Waals surface area (Å²) in [4.78, 5) is 15.4. The van der Waals surface area contributed by atoms with Crippen molar-refractivity contribution >= 4 is 32.7 Å². The second-order valence-corrected chi connectivity index (χ2v) is 20.3. The van der Waals surface area contributed by atoms with E-state index < -0.39 is 0 Å². The topological polar surface area (TPSA) is 51.8 Å². The summed E-state index contributed by atoms with van der Waals surface area (Å²) in [5, 5.41) is 4.62. The van der Waals surface area contributed by atoms with E-state index >= 15 is 0 Å². The van der Waals surface area contributed by atoms with Gasteiger partial charge in [0.1, 0.15) is 11.2 Å². The highest BCUT2D eigenvalue weighted by molar-refractivity contribution is 6.14. The molecule has 4 heteroatoms. The standard InChI is InChI=1S/C65H47N3O/c1-2-14-44(15-3-1)62-66-63(68-64(67-62)54-23-11-16-42-13-4-5-19-49(42)54)46-18-10-17-45(38-46)41-27-29-43(30-28-41)59-52(51-22-12-26-58-60(51)55-21-7-9-25-57(55)69-58)31-32-53-50-20-6-8-24-56(50)65(61(53)59)47-34-39-33-40(36-47)37-48(65)35-39/h1-32,38-40,47-48H,33-37H2. The molecule has 0 atom stereocenters. The molecule has 0 saturated heterocycles. The molecule has 9 aromatic carbocycles. The average molecular weight is 886 g/mol. The number of furan rings is 1. The molecule has 16 rings (SSSR count). The summed E-state index contributed by atoms with van der Waals surface area (Å²) in [6.07, 6.45) is 6.76. The van der Waals surface area contributed by atoms with Crippen LogP contribution in [0.5, 0.6) is 0 Å². The van der Waals surface area contributed by atoms with Crippen LogP contribution in [0.25, 0.3) is 111 Å². The van der Waals surface area contributed by atoms with E-state index in [2.05, 4.69) is 182 Å². The predicted octanol–water partition coefficient (Wildman–Crippen LogP) is 16.6. The summed E-state index contributed by atoms with van der Waals surface area (Å²) < 4.78 is 6.56. The van der Waals surface area contributed by atoms with Crippen molar-refractivity contribution in [3.63, 3.8) is 0 Å². The maximum Gasteiger partial charge on any atom is 0.164 e. The predicted molar refractivity (Wildman–Crippen MR) is 280 cm³/mol. The highest BCUT2D eigenvalue weighted by atomic mass is 16.3. The van der Waals surface area contributed by atoms with E-state index in [0.717, 1.165) is 67.0 Å². The molecule has 4 saturated carbocycles. The van der Waals surface area contributed by atoms with Crippen molar-refractivity contribution in [2.24, 2.45) is 23.7 Å². The molecule has 0 amide bonds. The summed E-state index contributed by atoms with van der Waals surface area (Å²) in [6, 6.07) is 72.8. The number of fused-ring (bicyclic) bond motifs is 7. The van der Waals surface area contributed by atoms with Crippen LogP contribution in [0, 0.1) is 23.7 Å². The second-order valence-electron chi connectivity index (χ2n) is 20.3. The van der Waals surface area contributed by atoms with Crippen LogP contribution in [0.15, 0.2) is 205 Å². The van der Waals surface area contributed by atoms with Gasteiger partial charge in [-0.25, -0.2) is 15.0 Å². The van der Waals surface area contributed by atoms with Crippen molar-refractivity contribution in [3.05, 3.63) is 211 Å². The van der Waals surface area contributed by atoms with Crippen molar-refractivity contribution in [2.75, 3.05) is 0 Å². The molecular formula is C65H47N3O. The molecule has 69 heavy (non-hydrogen) atoms. The van der Waals surface area contributed by atoms with Crippen molar-refractivity contribution in [2.45, 2.75) is 37.5 Å². The summed E-state index contributed by atoms with van der Waals surface area (Å²) in [5.41, 5.74) is 18.2. The van der Waals surface area contributed by atoms with E-state index in [4.69, 9.17) is 19.4 Å². The molecule has 4 bridgehead atoms. The molecule has 0 N–H and O–H groups in total. The van der Waals surface area contributed by atoms with Gasteiger partial charge in [0.2, 0.25) is 0 Å². The normalized spacial score (nSPS) is 20.8. The van der Waals surface area contributed by atoms with Gasteiger partial charge in [0.05, 0.1) is 0 Å². The Morgan fingerprint density at radius 1 is 0.377 bits per heavy atom. The molecule has 0 aliphatic heterocycles. The first-order valence-electron chi connectivity index (χ1n) is 24.8. The number of rotatable bonds is 6. The first-order chi connectivity index (χ1) is 34.2. The number of hydrogen-bond donors (Lipinski definition) is 0. The first-order valence-corrected chi connectivity index (χ1v) is 24.8. The molecule has 4 nitrogen and oxygen atoms in total. The molecule has 2 heterocycles. The number of benzene rings is 9. The fourth-order valence-electron chi connectivity index (χ4n) is 14.2. The van der Waals surface area contributed by atoms with Gasteiger partial charge in [-0.1, -0.05) is 182 Å². The fourth-order valence-corrected chi connectivity index (χ4v) is 14.2. The Morgan fingerprint density at radius 3 is 1.80 bits per heavy atom. The largest absolute Gasteiger partial charge is 0.456 e. The molecule has 0 radical (unpaired) electrons. The third-order valence-corrected chi connectivity index (χ3v) is 16.7. The van der Waals surface area contributed by atoms with Crippen molar-refractivity contribution in [3.8, 4) is 78.7 Å². The van der Waals surface area contributed by atoms with Crippen LogP contribution in [0.2, 0.25) is 0 Å². The Kier molecular flexibility index (Phi) is 8.51. The quantitative estimate of drug-likeness (QED) is 0.167. The zero-order valence-corrected chi connectivity index (χ0v) is 38.1. The van der Waals surface area contributed by atoms with Gasteiger partial charge in [-0.3, -0.25) is 0 Å². The van der Waals surface area contributed by atoms with Crippen LogP contribution in [0.3, 0.4) is 0 Å². The lowest BCUT2D eigenvalue weighted by atomic mass is 9.42. The molecule has 5 aliphatic rings. The monoisotopic (exact) mass is 885 g/mol. The third-order valence-electron chi connectivity index (χ3n) is 16.7. The van der Waals surface area contributed by atoms with Crippen LogP contribution >= 0.6 is 0 Å². The van der Waals surface area contributed by atoms with E-state index in [-0.39, 0.29) is 5.41 Å². The molecule has 1 spiro atoms. The van der Waals surface area contributed by atoms with E-state index in [1.807, 2.05) is 18.2 Å². The van der Waals surface area contributed by atoms with E-state index in [9.17, 15) is 0 Å². The summed E-state index contributed by atoms with van der Waals surface area (Å²) in [5.74, 6) is 4.95. The number of aromatic nitrogens is 3. The van der Waals surface area contributed by atoms with Crippen LogP contribution in [0.4, 0.5) is 0 Å². The van der Waals surface area contributed by atoms with Gasteiger partial charge in [-0.2, -0.15) is 0 Å². The average Bonchev–Trinajstić information content (AvgIpc) is 3.94. The second kappa shape index (κ2) is 15.0. The van der Waals surface area contributed by atoms with Gasteiger partial charge in [0, 0.05) is 32.9 Å². The zero-order chi connectivity index (χ0) is 45.2. The fraction of sp³-hybridized carbons (Fsp3) is 0.154. The van der Waals surface area contributed by atoms with Crippen LogP contribution < -0.4 is 0 Å². The van der Waals surface area contributed by atoms with E-state index in [0.29, 0.717) is 29.3 Å². The van der Waals surface area contributed by atoms with Gasteiger partial charge < -0.3 is 4.42 Å². The Hall–Kier alpha value is -7.95. The lowest BCUT2D eigenvalue weighted by molar-refractivity contribution is -0.0397. The van der Waals surface area contributed by atoms with E-state index in [1.54, 1.807) is 11.1 Å². The SMILES string of the molecule is c1ccc(-c2nc(-c3cccc(-c4ccc(-c5c(-c6cccc7oc8ccccc8c67)ccc6c5C5(c7ccccc7-6)C6CC7CC(C6)CC5C7)cc4)c3)nc(-c3cccc4ccccc34)n2)cc1. The molecule has 4 fully saturated rings. The van der Waals surface area contributed by atoms with E-state index in [1.165, 1.54) is 70.9 Å². The van der Waals surface area contributed by atoms with Gasteiger partial charge in [0.25, 0.3) is 0 Å². The van der Waals surface area contributed by atoms with Crippen molar-refractivity contribution in [1.82, 2.24) is 15.0 Å². The van der Waals surface area contributed by atoms with Crippen molar-refractivity contribution in [1.29, 1.82) is 0 Å². The lowest BCUT2D eigenvalue weighted by Gasteiger charge is -2.61. The molecule has 11 aromatic rings. The van der Waals surface area contributed by atoms with Crippen LogP contribution in [-0.4, -0.2) is 15.0 Å².